The molecule has 0 amide bonds. The third-order valence-electron chi connectivity index (χ3n) is 3.25. The molecule has 0 spiro atoms. The summed E-state index contributed by atoms with van der Waals surface area (Å²) in [6.07, 6.45) is 0.785. The number of allylic oxidation sites excluding steroid dienone is 1. The van der Waals surface area contributed by atoms with Crippen molar-refractivity contribution in [3.63, 3.8) is 0 Å². The first-order valence-electron chi connectivity index (χ1n) is 6.13. The molecule has 1 aliphatic rings. The normalized spacial score (nSPS) is 21.9. The number of hydrogen-bond acceptors (Lipinski definition) is 4. The largest absolute Gasteiger partial charge is 0.507 e. The Hall–Kier alpha value is -2.10. The predicted octanol–water partition coefficient (Wildman–Crippen LogP) is 2.38. The highest BCUT2D eigenvalue weighted by Crippen LogP contribution is 2.37. The first-order chi connectivity index (χ1) is 8.87. The Kier molecular flexibility index (Phi) is 3.18. The number of ether oxygens (including phenoxy) is 1. The Morgan fingerprint density at radius 2 is 1.95 bits per heavy atom. The molecule has 0 heterocycles. The van der Waals surface area contributed by atoms with Crippen LogP contribution in [0.1, 0.15) is 31.9 Å². The smallest absolute Gasteiger partial charge is 0.324 e. The van der Waals surface area contributed by atoms with Crippen LogP contribution in [0.25, 0.3) is 5.76 Å². The minimum Gasteiger partial charge on any atom is -0.507 e. The zero-order chi connectivity index (χ0) is 14.2. The third-order valence-corrected chi connectivity index (χ3v) is 3.25. The van der Waals surface area contributed by atoms with E-state index < -0.39 is 17.2 Å². The fraction of sp³-hybridized carbons (Fsp3) is 0.333. The summed E-state index contributed by atoms with van der Waals surface area (Å²) < 4.78 is 5.18. The second-order valence-corrected chi connectivity index (χ2v) is 5.02. The number of benzene rings is 1. The summed E-state index contributed by atoms with van der Waals surface area (Å²) in [5.41, 5.74) is -0.427. The topological polar surface area (TPSA) is 63.6 Å². The average Bonchev–Trinajstić information content (AvgIpc) is 2.35. The minimum absolute atomic E-state index is 0.115. The molecule has 100 valence electrons. The Morgan fingerprint density at radius 1 is 1.32 bits per heavy atom. The maximum absolute atomic E-state index is 12.3. The van der Waals surface area contributed by atoms with E-state index in [4.69, 9.17) is 4.74 Å². The molecule has 4 heteroatoms. The van der Waals surface area contributed by atoms with E-state index in [0.29, 0.717) is 11.1 Å². The third kappa shape index (κ3) is 2.03. The zero-order valence-corrected chi connectivity index (χ0v) is 11.1. The van der Waals surface area contributed by atoms with Gasteiger partial charge in [0.15, 0.2) is 11.2 Å². The van der Waals surface area contributed by atoms with Gasteiger partial charge in [-0.2, -0.15) is 0 Å². The number of hydrogen-bond donors (Lipinski definition) is 1. The van der Waals surface area contributed by atoms with E-state index in [1.165, 1.54) is 6.92 Å². The van der Waals surface area contributed by atoms with Gasteiger partial charge in [-0.05, 0) is 26.3 Å². The van der Waals surface area contributed by atoms with Gasteiger partial charge in [0.1, 0.15) is 5.76 Å². The van der Waals surface area contributed by atoms with Crippen LogP contribution in [0, 0.1) is 0 Å². The zero-order valence-electron chi connectivity index (χ0n) is 11.1. The molecule has 0 aromatic heterocycles. The van der Waals surface area contributed by atoms with Crippen LogP contribution >= 0.6 is 0 Å². The van der Waals surface area contributed by atoms with Crippen LogP contribution in [0.2, 0.25) is 0 Å². The van der Waals surface area contributed by atoms with Crippen LogP contribution in [0.5, 0.6) is 0 Å². The molecule has 2 rings (SSSR count). The molecular weight excluding hydrogens is 244 g/mol. The molecule has 0 bridgehead atoms. The summed E-state index contributed by atoms with van der Waals surface area (Å²) in [6, 6.07) is 6.81. The second-order valence-electron chi connectivity index (χ2n) is 5.02. The van der Waals surface area contributed by atoms with Gasteiger partial charge in [-0.25, -0.2) is 0 Å². The monoisotopic (exact) mass is 260 g/mol. The Morgan fingerprint density at radius 3 is 2.58 bits per heavy atom. The molecular formula is C15H16O4. The van der Waals surface area contributed by atoms with Crippen molar-refractivity contribution in [3.8, 4) is 0 Å². The fourth-order valence-corrected chi connectivity index (χ4v) is 2.16. The highest BCUT2D eigenvalue weighted by molar-refractivity contribution is 6.18. The molecule has 0 fully saturated rings. The highest BCUT2D eigenvalue weighted by atomic mass is 16.5. The van der Waals surface area contributed by atoms with Crippen LogP contribution in [0.15, 0.2) is 30.3 Å². The van der Waals surface area contributed by atoms with Crippen LogP contribution in [-0.2, 0) is 19.7 Å². The molecule has 4 nitrogen and oxygen atoms in total. The van der Waals surface area contributed by atoms with Crippen molar-refractivity contribution in [1.82, 2.24) is 0 Å². The molecule has 0 saturated heterocycles. The number of rotatable bonds is 2. The number of carbonyl (C=O) groups is 2. The van der Waals surface area contributed by atoms with Gasteiger partial charge in [0.05, 0.1) is 6.10 Å². The van der Waals surface area contributed by atoms with Crippen molar-refractivity contribution in [2.45, 2.75) is 32.3 Å². The standard InChI is InChI=1S/C15H16O4/c1-9(2)19-14(18)15(3)11-7-5-4-6-10(11)12(16)8-13(15)17/h4-9,16H,1-3H3. The van der Waals surface area contributed by atoms with E-state index in [-0.39, 0.29) is 11.9 Å². The van der Waals surface area contributed by atoms with Crippen molar-refractivity contribution in [2.75, 3.05) is 0 Å². The van der Waals surface area contributed by atoms with Gasteiger partial charge in [-0.1, -0.05) is 24.3 Å². The predicted molar refractivity (Wildman–Crippen MR) is 70.6 cm³/mol. The van der Waals surface area contributed by atoms with Gasteiger partial charge < -0.3 is 9.84 Å². The molecule has 0 aliphatic heterocycles. The molecule has 1 atom stereocenters. The average molecular weight is 260 g/mol. The SMILES string of the molecule is CC(C)OC(=O)C1(C)C(=O)C=C(O)c2ccccc21. The maximum Gasteiger partial charge on any atom is 0.324 e. The Labute approximate surface area is 111 Å². The Bertz CT molecular complexity index is 571. The lowest BCUT2D eigenvalue weighted by atomic mass is 9.72. The van der Waals surface area contributed by atoms with Crippen LogP contribution < -0.4 is 0 Å². The minimum atomic E-state index is -1.40. The van der Waals surface area contributed by atoms with E-state index in [1.807, 2.05) is 0 Å². The van der Waals surface area contributed by atoms with Crippen LogP contribution in [-0.4, -0.2) is 23.0 Å². The number of aliphatic hydroxyl groups is 1. The number of carbonyl (C=O) groups excluding carboxylic acids is 2. The van der Waals surface area contributed by atoms with Crippen LogP contribution in [0.3, 0.4) is 0 Å². The van der Waals surface area contributed by atoms with E-state index in [9.17, 15) is 14.7 Å². The quantitative estimate of drug-likeness (QED) is 0.655. The molecule has 1 unspecified atom stereocenters. The van der Waals surface area contributed by atoms with Gasteiger partial charge in [0, 0.05) is 11.6 Å². The molecule has 1 N–H and O–H groups in total. The highest BCUT2D eigenvalue weighted by Gasteiger charge is 2.47. The van der Waals surface area contributed by atoms with Gasteiger partial charge in [-0.15, -0.1) is 0 Å². The van der Waals surface area contributed by atoms with Crippen molar-refractivity contribution >= 4 is 17.5 Å². The van der Waals surface area contributed by atoms with Crippen molar-refractivity contribution in [1.29, 1.82) is 0 Å². The molecule has 1 aliphatic carbocycles. The van der Waals surface area contributed by atoms with Gasteiger partial charge in [0.25, 0.3) is 0 Å². The number of aliphatic hydroxyl groups excluding tert-OH is 1. The van der Waals surface area contributed by atoms with E-state index in [0.717, 1.165) is 6.08 Å². The van der Waals surface area contributed by atoms with Crippen molar-refractivity contribution in [3.05, 3.63) is 41.5 Å². The lowest BCUT2D eigenvalue weighted by Crippen LogP contribution is -2.44. The first-order valence-corrected chi connectivity index (χ1v) is 6.13. The summed E-state index contributed by atoms with van der Waals surface area (Å²) in [6.45, 7) is 4.99. The fourth-order valence-electron chi connectivity index (χ4n) is 2.16. The first kappa shape index (κ1) is 13.3. The maximum atomic E-state index is 12.3. The van der Waals surface area contributed by atoms with Crippen LogP contribution in [0.4, 0.5) is 0 Å². The summed E-state index contributed by atoms with van der Waals surface area (Å²) in [5, 5.41) is 9.82. The summed E-state index contributed by atoms with van der Waals surface area (Å²) in [5.74, 6) is -1.17. The van der Waals surface area contributed by atoms with E-state index in [2.05, 4.69) is 0 Å². The van der Waals surface area contributed by atoms with Crippen molar-refractivity contribution < 1.29 is 19.4 Å². The number of esters is 1. The molecule has 0 saturated carbocycles. The molecule has 0 radical (unpaired) electrons. The van der Waals surface area contributed by atoms with Gasteiger partial charge in [0.2, 0.25) is 0 Å². The lowest BCUT2D eigenvalue weighted by molar-refractivity contribution is -0.156. The second kappa shape index (κ2) is 4.53. The molecule has 19 heavy (non-hydrogen) atoms. The molecule has 1 aromatic carbocycles. The molecule has 1 aromatic rings. The van der Waals surface area contributed by atoms with E-state index >= 15 is 0 Å². The summed E-state index contributed by atoms with van der Waals surface area (Å²) in [7, 11) is 0. The van der Waals surface area contributed by atoms with Crippen molar-refractivity contribution in [2.24, 2.45) is 0 Å². The van der Waals surface area contributed by atoms with E-state index in [1.54, 1.807) is 38.1 Å². The number of fused-ring (bicyclic) bond motifs is 1. The summed E-state index contributed by atoms with van der Waals surface area (Å²) >= 11 is 0. The summed E-state index contributed by atoms with van der Waals surface area (Å²) in [4.78, 5) is 24.4. The Balaban J connectivity index is 2.57. The van der Waals surface area contributed by atoms with Gasteiger partial charge in [-0.3, -0.25) is 9.59 Å². The van der Waals surface area contributed by atoms with Gasteiger partial charge >= 0.3 is 5.97 Å². The lowest BCUT2D eigenvalue weighted by Gasteiger charge is -2.31. The number of ketones is 1.